The third-order valence-electron chi connectivity index (χ3n) is 3.41. The second-order valence-electron chi connectivity index (χ2n) is 4.87. The molecule has 104 valence electrons. The first kappa shape index (κ1) is 15.2. The molecule has 0 fully saturated rings. The molecule has 19 heavy (non-hydrogen) atoms. The van der Waals surface area contributed by atoms with E-state index in [1.165, 1.54) is 0 Å². The SMILES string of the molecule is CCC(C)[C@H](NC(=O)Cc1ccccc1C)C(=O)O. The quantitative estimate of drug-likeness (QED) is 0.826. The molecule has 2 atom stereocenters. The summed E-state index contributed by atoms with van der Waals surface area (Å²) < 4.78 is 0. The number of nitrogens with one attached hydrogen (secondary N) is 1. The maximum Gasteiger partial charge on any atom is 0.326 e. The summed E-state index contributed by atoms with van der Waals surface area (Å²) in [5.41, 5.74) is 1.96. The number of carboxylic acids is 1. The minimum Gasteiger partial charge on any atom is -0.480 e. The average molecular weight is 263 g/mol. The molecule has 0 aromatic heterocycles. The van der Waals surface area contributed by atoms with Crippen molar-refractivity contribution in [3.05, 3.63) is 35.4 Å². The van der Waals surface area contributed by atoms with Crippen molar-refractivity contribution in [2.75, 3.05) is 0 Å². The lowest BCUT2D eigenvalue weighted by Crippen LogP contribution is -2.45. The molecule has 0 aliphatic heterocycles. The molecule has 0 saturated heterocycles. The highest BCUT2D eigenvalue weighted by Crippen LogP contribution is 2.10. The predicted octanol–water partition coefficient (Wildman–Crippen LogP) is 2.15. The number of carbonyl (C=O) groups is 2. The smallest absolute Gasteiger partial charge is 0.326 e. The molecule has 0 radical (unpaired) electrons. The van der Waals surface area contributed by atoms with E-state index >= 15 is 0 Å². The molecular weight excluding hydrogens is 242 g/mol. The number of aliphatic carboxylic acids is 1. The van der Waals surface area contributed by atoms with E-state index in [1.807, 2.05) is 45.0 Å². The minimum atomic E-state index is -0.979. The first-order valence-electron chi connectivity index (χ1n) is 6.52. The van der Waals surface area contributed by atoms with Gasteiger partial charge in [0, 0.05) is 0 Å². The first-order valence-corrected chi connectivity index (χ1v) is 6.52. The molecule has 0 aliphatic carbocycles. The number of benzene rings is 1. The highest BCUT2D eigenvalue weighted by Gasteiger charge is 2.25. The van der Waals surface area contributed by atoms with E-state index in [-0.39, 0.29) is 18.2 Å². The Morgan fingerprint density at radius 1 is 1.32 bits per heavy atom. The number of carboxylic acid groups (broad SMARTS) is 1. The molecule has 1 aromatic rings. The number of carbonyl (C=O) groups excluding carboxylic acids is 1. The van der Waals surface area contributed by atoms with Crippen LogP contribution in [0, 0.1) is 12.8 Å². The molecule has 1 rings (SSSR count). The number of amides is 1. The third-order valence-corrected chi connectivity index (χ3v) is 3.41. The molecule has 0 aliphatic rings. The van der Waals surface area contributed by atoms with Gasteiger partial charge in [-0.3, -0.25) is 4.79 Å². The summed E-state index contributed by atoms with van der Waals surface area (Å²) in [6, 6.07) is 6.79. The molecule has 4 heteroatoms. The zero-order chi connectivity index (χ0) is 14.4. The molecule has 0 saturated carbocycles. The number of rotatable bonds is 6. The minimum absolute atomic E-state index is 0.0849. The largest absolute Gasteiger partial charge is 0.480 e. The summed E-state index contributed by atoms with van der Waals surface area (Å²) >= 11 is 0. The van der Waals surface area contributed by atoms with Gasteiger partial charge in [-0.1, -0.05) is 44.5 Å². The van der Waals surface area contributed by atoms with Crippen LogP contribution in [0.4, 0.5) is 0 Å². The van der Waals surface area contributed by atoms with Crippen molar-refractivity contribution < 1.29 is 14.7 Å². The van der Waals surface area contributed by atoms with Gasteiger partial charge in [0.15, 0.2) is 0 Å². The van der Waals surface area contributed by atoms with E-state index in [2.05, 4.69) is 5.32 Å². The summed E-state index contributed by atoms with van der Waals surface area (Å²) in [5.74, 6) is -1.31. The number of hydrogen-bond acceptors (Lipinski definition) is 2. The van der Waals surface area contributed by atoms with E-state index in [1.54, 1.807) is 0 Å². The molecule has 2 N–H and O–H groups in total. The molecule has 0 spiro atoms. The van der Waals surface area contributed by atoms with Crippen LogP contribution in [0.5, 0.6) is 0 Å². The maximum atomic E-state index is 11.9. The topological polar surface area (TPSA) is 66.4 Å². The third kappa shape index (κ3) is 4.39. The molecular formula is C15H21NO3. The van der Waals surface area contributed by atoms with E-state index in [0.717, 1.165) is 11.1 Å². The summed E-state index contributed by atoms with van der Waals surface area (Å²) in [4.78, 5) is 23.1. The summed E-state index contributed by atoms with van der Waals surface area (Å²) in [7, 11) is 0. The van der Waals surface area contributed by atoms with E-state index in [9.17, 15) is 9.59 Å². The van der Waals surface area contributed by atoms with Gasteiger partial charge in [-0.15, -0.1) is 0 Å². The van der Waals surface area contributed by atoms with Gasteiger partial charge in [-0.25, -0.2) is 4.79 Å². The molecule has 1 unspecified atom stereocenters. The van der Waals surface area contributed by atoms with Crippen LogP contribution in [0.25, 0.3) is 0 Å². The summed E-state index contributed by atoms with van der Waals surface area (Å²) in [5, 5.41) is 11.7. The fraction of sp³-hybridized carbons (Fsp3) is 0.467. The van der Waals surface area contributed by atoms with Gasteiger partial charge in [0.25, 0.3) is 0 Å². The van der Waals surface area contributed by atoms with E-state index in [0.29, 0.717) is 6.42 Å². The highest BCUT2D eigenvalue weighted by molar-refractivity contribution is 5.85. The second kappa shape index (κ2) is 6.92. The number of hydrogen-bond donors (Lipinski definition) is 2. The van der Waals surface area contributed by atoms with Crippen LogP contribution in [0.3, 0.4) is 0 Å². The summed E-state index contributed by atoms with van der Waals surface area (Å²) in [6.07, 6.45) is 0.925. The Balaban J connectivity index is 2.68. The lowest BCUT2D eigenvalue weighted by Gasteiger charge is -2.20. The van der Waals surface area contributed by atoms with Crippen LogP contribution >= 0.6 is 0 Å². The van der Waals surface area contributed by atoms with Crippen LogP contribution in [0.2, 0.25) is 0 Å². The van der Waals surface area contributed by atoms with Crippen LogP contribution in [0.1, 0.15) is 31.4 Å². The standard InChI is InChI=1S/C15H21NO3/c1-4-10(2)14(15(18)19)16-13(17)9-12-8-6-5-7-11(12)3/h5-8,10,14H,4,9H2,1-3H3,(H,16,17)(H,18,19)/t10?,14-/m0/s1. The maximum absolute atomic E-state index is 11.9. The van der Waals surface area contributed by atoms with Crippen molar-refractivity contribution in [2.24, 2.45) is 5.92 Å². The van der Waals surface area contributed by atoms with Gasteiger partial charge < -0.3 is 10.4 Å². The normalized spacial score (nSPS) is 13.6. The Hall–Kier alpha value is -1.84. The average Bonchev–Trinajstić information content (AvgIpc) is 2.37. The van der Waals surface area contributed by atoms with Crippen LogP contribution in [-0.2, 0) is 16.0 Å². The lowest BCUT2D eigenvalue weighted by atomic mass is 9.98. The molecule has 1 aromatic carbocycles. The predicted molar refractivity (Wildman–Crippen MR) is 73.9 cm³/mol. The Morgan fingerprint density at radius 2 is 1.95 bits per heavy atom. The zero-order valence-electron chi connectivity index (χ0n) is 11.6. The Kier molecular flexibility index (Phi) is 5.55. The van der Waals surface area contributed by atoms with Gasteiger partial charge in [0.05, 0.1) is 6.42 Å². The fourth-order valence-electron chi connectivity index (χ4n) is 1.89. The zero-order valence-corrected chi connectivity index (χ0v) is 11.6. The van der Waals surface area contributed by atoms with Gasteiger partial charge in [-0.05, 0) is 24.0 Å². The molecule has 4 nitrogen and oxygen atoms in total. The molecule has 0 heterocycles. The van der Waals surface area contributed by atoms with E-state index in [4.69, 9.17) is 5.11 Å². The fourth-order valence-corrected chi connectivity index (χ4v) is 1.89. The first-order chi connectivity index (χ1) is 8.95. The Morgan fingerprint density at radius 3 is 2.47 bits per heavy atom. The van der Waals surface area contributed by atoms with Crippen molar-refractivity contribution in [1.82, 2.24) is 5.32 Å². The Labute approximate surface area is 113 Å². The number of aryl methyl sites for hydroxylation is 1. The van der Waals surface area contributed by atoms with Crippen molar-refractivity contribution in [1.29, 1.82) is 0 Å². The van der Waals surface area contributed by atoms with Crippen molar-refractivity contribution in [3.63, 3.8) is 0 Å². The Bertz CT molecular complexity index is 456. The highest BCUT2D eigenvalue weighted by atomic mass is 16.4. The van der Waals surface area contributed by atoms with Crippen molar-refractivity contribution >= 4 is 11.9 Å². The van der Waals surface area contributed by atoms with Crippen LogP contribution in [-0.4, -0.2) is 23.0 Å². The second-order valence-corrected chi connectivity index (χ2v) is 4.87. The monoisotopic (exact) mass is 263 g/mol. The van der Waals surface area contributed by atoms with Gasteiger partial charge in [-0.2, -0.15) is 0 Å². The van der Waals surface area contributed by atoms with Gasteiger partial charge >= 0.3 is 5.97 Å². The van der Waals surface area contributed by atoms with Crippen molar-refractivity contribution in [3.8, 4) is 0 Å². The van der Waals surface area contributed by atoms with E-state index < -0.39 is 12.0 Å². The van der Waals surface area contributed by atoms with Gasteiger partial charge in [0.2, 0.25) is 5.91 Å². The van der Waals surface area contributed by atoms with Crippen LogP contribution < -0.4 is 5.32 Å². The van der Waals surface area contributed by atoms with Gasteiger partial charge in [0.1, 0.15) is 6.04 Å². The van der Waals surface area contributed by atoms with Crippen molar-refractivity contribution in [2.45, 2.75) is 39.7 Å². The molecule has 1 amide bonds. The van der Waals surface area contributed by atoms with Crippen LogP contribution in [0.15, 0.2) is 24.3 Å². The molecule has 0 bridgehead atoms. The lowest BCUT2D eigenvalue weighted by molar-refractivity contribution is -0.143. The summed E-state index contributed by atoms with van der Waals surface area (Å²) in [6.45, 7) is 5.67.